The highest BCUT2D eigenvalue weighted by Crippen LogP contribution is 2.25. The lowest BCUT2D eigenvalue weighted by molar-refractivity contribution is 0.357. The van der Waals surface area contributed by atoms with Crippen molar-refractivity contribution in [1.29, 1.82) is 0 Å². The number of hydrogen-bond donors (Lipinski definition) is 2. The van der Waals surface area contributed by atoms with E-state index in [0.717, 1.165) is 57.3 Å². The largest absolute Gasteiger partial charge is 0.493 e. The van der Waals surface area contributed by atoms with Gasteiger partial charge in [-0.05, 0) is 41.3 Å². The molecule has 28 heavy (non-hydrogen) atoms. The Morgan fingerprint density at radius 3 is 2.61 bits per heavy atom. The molecule has 0 amide bonds. The first kappa shape index (κ1) is 18.4. The second-order valence-electron chi connectivity index (χ2n) is 7.19. The number of hydrogen-bond acceptors (Lipinski definition) is 3. The fourth-order valence-electron chi connectivity index (χ4n) is 3.64. The molecule has 2 aromatic rings. The lowest BCUT2D eigenvalue weighted by atomic mass is 10.1. The zero-order valence-electron chi connectivity index (χ0n) is 16.4. The summed E-state index contributed by atoms with van der Waals surface area (Å²) in [5.41, 5.74) is 5.18. The molecule has 2 aromatic carbocycles. The van der Waals surface area contributed by atoms with E-state index in [1.54, 1.807) is 0 Å². The van der Waals surface area contributed by atoms with Gasteiger partial charge in [-0.3, -0.25) is 4.99 Å². The summed E-state index contributed by atoms with van der Waals surface area (Å²) in [7, 11) is 1.81. The molecule has 0 radical (unpaired) electrons. The van der Waals surface area contributed by atoms with E-state index in [1.165, 1.54) is 22.4 Å². The molecule has 0 fully saturated rings. The first-order valence-corrected chi connectivity index (χ1v) is 10.00. The monoisotopic (exact) mass is 376 g/mol. The van der Waals surface area contributed by atoms with E-state index in [1.807, 2.05) is 7.05 Å². The second-order valence-corrected chi connectivity index (χ2v) is 7.19. The molecule has 2 N–H and O–H groups in total. The molecular weight excluding hydrogens is 348 g/mol. The fraction of sp³-hybridized carbons (Fsp3) is 0.348. The van der Waals surface area contributed by atoms with Gasteiger partial charge in [0.15, 0.2) is 5.96 Å². The maximum absolute atomic E-state index is 5.57. The number of rotatable bonds is 6. The van der Waals surface area contributed by atoms with Crippen LogP contribution in [0, 0.1) is 0 Å². The molecule has 5 nitrogen and oxygen atoms in total. The number of fused-ring (bicyclic) bond motifs is 1. The molecule has 0 saturated carbocycles. The number of anilines is 1. The molecule has 0 unspecified atom stereocenters. The van der Waals surface area contributed by atoms with Gasteiger partial charge in [0, 0.05) is 45.3 Å². The Kier molecular flexibility index (Phi) is 5.80. The quantitative estimate of drug-likeness (QED) is 0.462. The normalized spacial score (nSPS) is 15.5. The molecular formula is C23H28N4O. The minimum atomic E-state index is 0.758. The van der Waals surface area contributed by atoms with Crippen molar-refractivity contribution in [1.82, 2.24) is 10.6 Å². The molecule has 5 heteroatoms. The summed E-state index contributed by atoms with van der Waals surface area (Å²) in [6.07, 6.45) is 6.41. The van der Waals surface area contributed by atoms with Gasteiger partial charge in [-0.15, -0.1) is 0 Å². The van der Waals surface area contributed by atoms with Crippen molar-refractivity contribution < 1.29 is 4.74 Å². The van der Waals surface area contributed by atoms with Crippen molar-refractivity contribution in [3.8, 4) is 5.75 Å². The van der Waals surface area contributed by atoms with E-state index < -0.39 is 0 Å². The molecule has 0 atom stereocenters. The van der Waals surface area contributed by atoms with E-state index in [2.05, 4.69) is 75.1 Å². The van der Waals surface area contributed by atoms with Gasteiger partial charge >= 0.3 is 0 Å². The molecule has 2 heterocycles. The number of nitrogens with zero attached hydrogens (tertiary/aromatic N) is 2. The van der Waals surface area contributed by atoms with Crippen LogP contribution in [0.15, 0.2) is 59.6 Å². The third-order valence-electron chi connectivity index (χ3n) is 5.26. The van der Waals surface area contributed by atoms with Gasteiger partial charge in [0.1, 0.15) is 5.75 Å². The van der Waals surface area contributed by atoms with Crippen LogP contribution in [0.25, 0.3) is 0 Å². The molecule has 4 rings (SSSR count). The van der Waals surface area contributed by atoms with Crippen molar-refractivity contribution in [3.63, 3.8) is 0 Å². The minimum absolute atomic E-state index is 0.758. The van der Waals surface area contributed by atoms with Crippen LogP contribution in [0.2, 0.25) is 0 Å². The maximum Gasteiger partial charge on any atom is 0.191 e. The first-order chi connectivity index (χ1) is 13.8. The van der Waals surface area contributed by atoms with Crippen LogP contribution in [0.3, 0.4) is 0 Å². The van der Waals surface area contributed by atoms with Crippen LogP contribution in [-0.2, 0) is 19.4 Å². The predicted molar refractivity (Wildman–Crippen MR) is 115 cm³/mol. The summed E-state index contributed by atoms with van der Waals surface area (Å²) >= 11 is 0. The summed E-state index contributed by atoms with van der Waals surface area (Å²) in [6.45, 7) is 4.43. The number of ether oxygens (including phenoxy) is 1. The summed E-state index contributed by atoms with van der Waals surface area (Å²) in [5.74, 6) is 1.87. The van der Waals surface area contributed by atoms with E-state index in [9.17, 15) is 0 Å². The molecule has 0 spiro atoms. The van der Waals surface area contributed by atoms with Crippen LogP contribution in [0.1, 0.15) is 16.7 Å². The third kappa shape index (κ3) is 4.47. The molecule has 0 saturated heterocycles. The van der Waals surface area contributed by atoms with Gasteiger partial charge < -0.3 is 20.3 Å². The Balaban J connectivity index is 1.22. The fourth-order valence-corrected chi connectivity index (χ4v) is 3.64. The number of nitrogens with one attached hydrogen (secondary N) is 2. The highest BCUT2D eigenvalue weighted by molar-refractivity contribution is 5.79. The van der Waals surface area contributed by atoms with Crippen LogP contribution in [-0.4, -0.2) is 39.2 Å². The molecule has 0 bridgehead atoms. The van der Waals surface area contributed by atoms with Gasteiger partial charge in [0.05, 0.1) is 6.61 Å². The summed E-state index contributed by atoms with van der Waals surface area (Å²) in [5, 5.41) is 6.80. The minimum Gasteiger partial charge on any atom is -0.493 e. The SMILES string of the molecule is CN=C(NCCc1ccc2c(c1)CCO2)NCc1ccc(N2CC=CC2)cc1. The lowest BCUT2D eigenvalue weighted by Gasteiger charge is -2.18. The van der Waals surface area contributed by atoms with Gasteiger partial charge in [0.25, 0.3) is 0 Å². The summed E-state index contributed by atoms with van der Waals surface area (Å²) < 4.78 is 5.57. The maximum atomic E-state index is 5.57. The second kappa shape index (κ2) is 8.83. The van der Waals surface area contributed by atoms with Crippen molar-refractivity contribution in [2.45, 2.75) is 19.4 Å². The standard InChI is InChI=1S/C23H28N4O/c1-24-23(25-12-10-18-6-9-22-20(16-18)11-15-28-22)26-17-19-4-7-21(8-5-19)27-13-2-3-14-27/h2-9,16H,10-15,17H2,1H3,(H2,24,25,26). The highest BCUT2D eigenvalue weighted by Gasteiger charge is 2.12. The number of aliphatic imine (C=N–C) groups is 1. The number of benzene rings is 2. The number of guanidine groups is 1. The van der Waals surface area contributed by atoms with Crippen LogP contribution in [0.5, 0.6) is 5.75 Å². The summed E-state index contributed by atoms with van der Waals surface area (Å²) in [6, 6.07) is 15.3. The van der Waals surface area contributed by atoms with Crippen molar-refractivity contribution in [2.75, 3.05) is 38.2 Å². The summed E-state index contributed by atoms with van der Waals surface area (Å²) in [4.78, 5) is 6.68. The average molecular weight is 377 g/mol. The van der Waals surface area contributed by atoms with Gasteiger partial charge in [-0.1, -0.05) is 36.4 Å². The third-order valence-corrected chi connectivity index (χ3v) is 5.26. The van der Waals surface area contributed by atoms with E-state index in [0.29, 0.717) is 0 Å². The first-order valence-electron chi connectivity index (χ1n) is 10.00. The van der Waals surface area contributed by atoms with Crippen molar-refractivity contribution in [2.24, 2.45) is 4.99 Å². The predicted octanol–water partition coefficient (Wildman–Crippen LogP) is 2.91. The molecule has 146 valence electrons. The van der Waals surface area contributed by atoms with Crippen LogP contribution in [0.4, 0.5) is 5.69 Å². The Morgan fingerprint density at radius 2 is 1.82 bits per heavy atom. The molecule has 2 aliphatic rings. The topological polar surface area (TPSA) is 48.9 Å². The van der Waals surface area contributed by atoms with E-state index in [-0.39, 0.29) is 0 Å². The van der Waals surface area contributed by atoms with E-state index >= 15 is 0 Å². The Labute approximate surface area is 167 Å². The zero-order chi connectivity index (χ0) is 19.2. The van der Waals surface area contributed by atoms with Gasteiger partial charge in [0.2, 0.25) is 0 Å². The zero-order valence-corrected chi connectivity index (χ0v) is 16.4. The smallest absolute Gasteiger partial charge is 0.191 e. The van der Waals surface area contributed by atoms with Crippen molar-refractivity contribution in [3.05, 3.63) is 71.3 Å². The van der Waals surface area contributed by atoms with Crippen molar-refractivity contribution >= 4 is 11.6 Å². The molecule has 0 aliphatic carbocycles. The van der Waals surface area contributed by atoms with Crippen LogP contribution >= 0.6 is 0 Å². The molecule has 2 aliphatic heterocycles. The van der Waals surface area contributed by atoms with Gasteiger partial charge in [-0.2, -0.15) is 0 Å². The lowest BCUT2D eigenvalue weighted by Crippen LogP contribution is -2.37. The Hall–Kier alpha value is -2.95. The van der Waals surface area contributed by atoms with Gasteiger partial charge in [-0.25, -0.2) is 0 Å². The Bertz CT molecular complexity index is 849. The van der Waals surface area contributed by atoms with E-state index in [4.69, 9.17) is 4.74 Å². The average Bonchev–Trinajstić information content (AvgIpc) is 3.42. The molecule has 0 aromatic heterocycles. The highest BCUT2D eigenvalue weighted by atomic mass is 16.5. The Morgan fingerprint density at radius 1 is 1.04 bits per heavy atom. The van der Waals surface area contributed by atoms with Crippen LogP contribution < -0.4 is 20.3 Å².